The van der Waals surface area contributed by atoms with Crippen molar-refractivity contribution in [2.75, 3.05) is 0 Å². The summed E-state index contributed by atoms with van der Waals surface area (Å²) in [6.07, 6.45) is 3.34. The highest BCUT2D eigenvalue weighted by Crippen LogP contribution is 2.25. The first-order valence-electron chi connectivity index (χ1n) is 5.31. The van der Waals surface area contributed by atoms with Crippen molar-refractivity contribution in [3.63, 3.8) is 0 Å². The summed E-state index contributed by atoms with van der Waals surface area (Å²) < 4.78 is 7.16. The summed E-state index contributed by atoms with van der Waals surface area (Å²) in [7, 11) is 0. The Bertz CT molecular complexity index is 617. The summed E-state index contributed by atoms with van der Waals surface area (Å²) in [5, 5.41) is 9.08. The van der Waals surface area contributed by atoms with Gasteiger partial charge >= 0.3 is 5.97 Å². The number of carbonyl (C=O) groups is 1. The van der Waals surface area contributed by atoms with Crippen LogP contribution in [0.2, 0.25) is 0 Å². The summed E-state index contributed by atoms with van der Waals surface area (Å²) in [5.41, 5.74) is 0.983. The molecule has 1 aromatic heterocycles. The fourth-order valence-electron chi connectivity index (χ4n) is 1.49. The van der Waals surface area contributed by atoms with Gasteiger partial charge in [-0.15, -0.1) is 0 Å². The van der Waals surface area contributed by atoms with Gasteiger partial charge in [-0.2, -0.15) is 0 Å². The van der Waals surface area contributed by atoms with Gasteiger partial charge in [-0.1, -0.05) is 15.9 Å². The Hall–Kier alpha value is -1.40. The number of rotatable bonds is 4. The topological polar surface area (TPSA) is 59.4 Å². The highest BCUT2D eigenvalue weighted by molar-refractivity contribution is 9.10. The predicted octanol–water partition coefficient (Wildman–Crippen LogP) is 3.88. The van der Waals surface area contributed by atoms with Gasteiger partial charge in [0.2, 0.25) is 0 Å². The van der Waals surface area contributed by atoms with Gasteiger partial charge in [0.1, 0.15) is 17.9 Å². The first-order valence-corrected chi connectivity index (χ1v) is 6.90. The van der Waals surface area contributed by atoms with Crippen LogP contribution in [-0.2, 0) is 6.61 Å². The molecule has 0 bridgehead atoms. The number of halogens is 2. The standard InChI is InChI=1S/C13H9Br2NO3/c14-9-1-2-11(13(17)18)12(4-9)19-7-8-3-10(15)6-16-5-8/h1-6H,7H2,(H,17,18). The molecular weight excluding hydrogens is 378 g/mol. The van der Waals surface area contributed by atoms with Gasteiger partial charge in [0.05, 0.1) is 0 Å². The van der Waals surface area contributed by atoms with Crippen molar-refractivity contribution in [1.29, 1.82) is 0 Å². The molecule has 2 aromatic rings. The van der Waals surface area contributed by atoms with Crippen LogP contribution in [0.4, 0.5) is 0 Å². The number of aromatic carboxylic acids is 1. The third-order valence-corrected chi connectivity index (χ3v) is 3.26. The lowest BCUT2D eigenvalue weighted by Crippen LogP contribution is -2.03. The molecule has 1 aromatic carbocycles. The highest BCUT2D eigenvalue weighted by Gasteiger charge is 2.11. The second-order valence-electron chi connectivity index (χ2n) is 3.75. The van der Waals surface area contributed by atoms with Gasteiger partial charge in [0, 0.05) is 26.9 Å². The highest BCUT2D eigenvalue weighted by atomic mass is 79.9. The van der Waals surface area contributed by atoms with Crippen LogP contribution in [0, 0.1) is 0 Å². The quantitative estimate of drug-likeness (QED) is 0.865. The van der Waals surface area contributed by atoms with E-state index in [1.54, 1.807) is 24.5 Å². The number of hydrogen-bond donors (Lipinski definition) is 1. The van der Waals surface area contributed by atoms with Crippen molar-refractivity contribution < 1.29 is 14.6 Å². The number of benzene rings is 1. The minimum atomic E-state index is -1.02. The normalized spacial score (nSPS) is 10.2. The molecule has 19 heavy (non-hydrogen) atoms. The number of aromatic nitrogens is 1. The van der Waals surface area contributed by atoms with Crippen LogP contribution < -0.4 is 4.74 Å². The maximum atomic E-state index is 11.1. The number of hydrogen-bond acceptors (Lipinski definition) is 3. The van der Waals surface area contributed by atoms with Crippen LogP contribution in [0.5, 0.6) is 5.75 Å². The van der Waals surface area contributed by atoms with Crippen LogP contribution >= 0.6 is 31.9 Å². The largest absolute Gasteiger partial charge is 0.488 e. The lowest BCUT2D eigenvalue weighted by Gasteiger charge is -2.09. The molecule has 4 nitrogen and oxygen atoms in total. The molecule has 0 unspecified atom stereocenters. The van der Waals surface area contributed by atoms with E-state index in [-0.39, 0.29) is 12.2 Å². The van der Waals surface area contributed by atoms with Gasteiger partial charge in [-0.25, -0.2) is 4.79 Å². The average molecular weight is 387 g/mol. The van der Waals surface area contributed by atoms with Gasteiger partial charge in [0.15, 0.2) is 0 Å². The minimum absolute atomic E-state index is 0.131. The fourth-order valence-corrected chi connectivity index (χ4v) is 2.24. The summed E-state index contributed by atoms with van der Waals surface area (Å²) in [4.78, 5) is 15.1. The van der Waals surface area contributed by atoms with Crippen LogP contribution in [-0.4, -0.2) is 16.1 Å². The molecule has 0 saturated heterocycles. The van der Waals surface area contributed by atoms with E-state index in [0.29, 0.717) is 5.75 Å². The van der Waals surface area contributed by atoms with Crippen molar-refractivity contribution >= 4 is 37.8 Å². The zero-order valence-electron chi connectivity index (χ0n) is 9.64. The van der Waals surface area contributed by atoms with Gasteiger partial charge < -0.3 is 9.84 Å². The van der Waals surface area contributed by atoms with Crippen molar-refractivity contribution in [3.05, 3.63) is 56.7 Å². The second-order valence-corrected chi connectivity index (χ2v) is 5.58. The molecule has 0 aliphatic rings. The van der Waals surface area contributed by atoms with Crippen molar-refractivity contribution in [2.45, 2.75) is 6.61 Å². The molecule has 0 radical (unpaired) electrons. The first kappa shape index (κ1) is 14.0. The third-order valence-electron chi connectivity index (χ3n) is 2.33. The van der Waals surface area contributed by atoms with Gasteiger partial charge in [0.25, 0.3) is 0 Å². The van der Waals surface area contributed by atoms with E-state index in [9.17, 15) is 4.79 Å². The van der Waals surface area contributed by atoms with Crippen LogP contribution in [0.15, 0.2) is 45.6 Å². The molecule has 0 saturated carbocycles. The molecule has 0 spiro atoms. The fraction of sp³-hybridized carbons (Fsp3) is 0.0769. The maximum absolute atomic E-state index is 11.1. The second kappa shape index (κ2) is 6.16. The van der Waals surface area contributed by atoms with Crippen molar-refractivity contribution in [3.8, 4) is 5.75 Å². The molecule has 0 aliphatic carbocycles. The monoisotopic (exact) mass is 385 g/mol. The van der Waals surface area contributed by atoms with E-state index in [0.717, 1.165) is 14.5 Å². The Balaban J connectivity index is 2.19. The Kier molecular flexibility index (Phi) is 4.55. The molecule has 0 fully saturated rings. The number of carboxylic acid groups (broad SMARTS) is 1. The predicted molar refractivity (Wildman–Crippen MR) is 77.4 cm³/mol. The molecule has 1 N–H and O–H groups in total. The third kappa shape index (κ3) is 3.78. The molecule has 1 heterocycles. The van der Waals surface area contributed by atoms with Crippen LogP contribution in [0.1, 0.15) is 15.9 Å². The van der Waals surface area contributed by atoms with E-state index >= 15 is 0 Å². The summed E-state index contributed by atoms with van der Waals surface area (Å²) >= 11 is 6.61. The number of carboxylic acids is 1. The van der Waals surface area contributed by atoms with E-state index in [1.165, 1.54) is 6.07 Å². The SMILES string of the molecule is O=C(O)c1ccc(Br)cc1OCc1cncc(Br)c1. The summed E-state index contributed by atoms with van der Waals surface area (Å²) in [5.74, 6) is -0.697. The molecule has 0 amide bonds. The molecule has 6 heteroatoms. The summed E-state index contributed by atoms with van der Waals surface area (Å²) in [6, 6.07) is 6.66. The van der Waals surface area contributed by atoms with E-state index in [1.807, 2.05) is 6.07 Å². The number of pyridine rings is 1. The van der Waals surface area contributed by atoms with Gasteiger partial charge in [-0.3, -0.25) is 4.98 Å². The molecule has 0 aliphatic heterocycles. The Morgan fingerprint density at radius 1 is 1.21 bits per heavy atom. The zero-order valence-corrected chi connectivity index (χ0v) is 12.8. The van der Waals surface area contributed by atoms with Crippen LogP contribution in [0.25, 0.3) is 0 Å². The van der Waals surface area contributed by atoms with Gasteiger partial charge in [-0.05, 0) is 40.2 Å². The Morgan fingerprint density at radius 3 is 2.68 bits per heavy atom. The maximum Gasteiger partial charge on any atom is 0.339 e. The lowest BCUT2D eigenvalue weighted by molar-refractivity contribution is 0.0691. The van der Waals surface area contributed by atoms with E-state index in [2.05, 4.69) is 36.8 Å². The smallest absolute Gasteiger partial charge is 0.339 e. The Morgan fingerprint density at radius 2 is 2.00 bits per heavy atom. The Labute approximate surface area is 126 Å². The molecular formula is C13H9Br2NO3. The first-order chi connectivity index (χ1) is 9.06. The molecule has 2 rings (SSSR count). The van der Waals surface area contributed by atoms with E-state index in [4.69, 9.17) is 9.84 Å². The summed E-state index contributed by atoms with van der Waals surface area (Å²) in [6.45, 7) is 0.253. The molecule has 98 valence electrons. The van der Waals surface area contributed by atoms with Crippen molar-refractivity contribution in [2.24, 2.45) is 0 Å². The number of nitrogens with zero attached hydrogens (tertiary/aromatic N) is 1. The lowest BCUT2D eigenvalue weighted by atomic mass is 10.2. The molecule has 0 atom stereocenters. The zero-order chi connectivity index (χ0) is 13.8. The van der Waals surface area contributed by atoms with Crippen LogP contribution in [0.3, 0.4) is 0 Å². The number of ether oxygens (including phenoxy) is 1. The average Bonchev–Trinajstić information content (AvgIpc) is 2.36. The van der Waals surface area contributed by atoms with E-state index < -0.39 is 5.97 Å². The minimum Gasteiger partial charge on any atom is -0.488 e. The van der Waals surface area contributed by atoms with Crippen molar-refractivity contribution in [1.82, 2.24) is 4.98 Å².